The number of hydrogen-bond donors (Lipinski definition) is 0. The van der Waals surface area contributed by atoms with Crippen LogP contribution in [0.2, 0.25) is 0 Å². The molecule has 5 nitrogen and oxygen atoms in total. The lowest BCUT2D eigenvalue weighted by Crippen LogP contribution is -2.42. The SMILES string of the molecule is CC1CC(C)CN(C(=O)c2csc(C3CCN(C(=O)c4ccccc4-c4ccc(C(F)(F)F)cc4)CC3)n2)C1. The van der Waals surface area contributed by atoms with E-state index in [1.165, 1.54) is 23.5 Å². The number of alkyl halides is 3. The largest absolute Gasteiger partial charge is 0.416 e. The number of rotatable bonds is 4. The van der Waals surface area contributed by atoms with E-state index in [4.69, 9.17) is 4.98 Å². The van der Waals surface area contributed by atoms with E-state index < -0.39 is 11.7 Å². The number of hydrogen-bond acceptors (Lipinski definition) is 4. The predicted octanol–water partition coefficient (Wildman–Crippen LogP) is 6.97. The zero-order valence-corrected chi connectivity index (χ0v) is 22.9. The minimum absolute atomic E-state index is 0.00314. The molecular formula is C30H32F3N3O2S. The molecule has 9 heteroatoms. The normalized spacial score (nSPS) is 20.7. The highest BCUT2D eigenvalue weighted by Gasteiger charge is 2.32. The molecule has 2 saturated heterocycles. The quantitative estimate of drug-likeness (QED) is 0.350. The summed E-state index contributed by atoms with van der Waals surface area (Å²) in [5.74, 6) is 1.03. The van der Waals surface area contributed by atoms with E-state index in [0.717, 1.165) is 49.5 Å². The Morgan fingerprint density at radius 1 is 0.897 bits per heavy atom. The van der Waals surface area contributed by atoms with Gasteiger partial charge >= 0.3 is 6.18 Å². The standard InChI is InChI=1S/C30H32F3N3O2S/c1-19-15-20(2)17-36(16-19)29(38)26-18-39-27(34-26)22-11-13-35(14-12-22)28(37)25-6-4-3-5-24(25)21-7-9-23(10-8-21)30(31,32)33/h3-10,18-20,22H,11-17H2,1-2H3. The first kappa shape index (κ1) is 27.4. The second-order valence-electron chi connectivity index (χ2n) is 10.9. The third-order valence-corrected chi connectivity index (χ3v) is 8.72. The van der Waals surface area contributed by atoms with Crippen LogP contribution in [0.4, 0.5) is 13.2 Å². The molecule has 0 spiro atoms. The molecule has 2 atom stereocenters. The van der Waals surface area contributed by atoms with Crippen molar-refractivity contribution in [1.82, 2.24) is 14.8 Å². The van der Waals surface area contributed by atoms with Crippen LogP contribution in [0, 0.1) is 11.8 Å². The summed E-state index contributed by atoms with van der Waals surface area (Å²) < 4.78 is 39.0. The van der Waals surface area contributed by atoms with Gasteiger partial charge in [-0.25, -0.2) is 4.98 Å². The van der Waals surface area contributed by atoms with Gasteiger partial charge in [-0.1, -0.05) is 44.2 Å². The number of piperidine rings is 2. The van der Waals surface area contributed by atoms with Crippen LogP contribution in [0.5, 0.6) is 0 Å². The lowest BCUT2D eigenvalue weighted by molar-refractivity contribution is -0.137. The van der Waals surface area contributed by atoms with Crippen molar-refractivity contribution < 1.29 is 22.8 Å². The Morgan fingerprint density at radius 3 is 2.18 bits per heavy atom. The van der Waals surface area contributed by atoms with Crippen molar-refractivity contribution in [2.24, 2.45) is 11.8 Å². The van der Waals surface area contributed by atoms with Crippen LogP contribution in [0.25, 0.3) is 11.1 Å². The topological polar surface area (TPSA) is 53.5 Å². The number of carbonyl (C=O) groups is 2. The summed E-state index contributed by atoms with van der Waals surface area (Å²) in [6, 6.07) is 11.9. The molecule has 1 aromatic heterocycles. The van der Waals surface area contributed by atoms with E-state index in [-0.39, 0.29) is 17.7 Å². The maximum Gasteiger partial charge on any atom is 0.416 e. The molecule has 2 unspecified atom stereocenters. The number of nitrogens with zero attached hydrogens (tertiary/aromatic N) is 3. The molecule has 5 rings (SSSR count). The number of halogens is 3. The number of thiazole rings is 1. The summed E-state index contributed by atoms with van der Waals surface area (Å²) in [7, 11) is 0. The first-order valence-corrected chi connectivity index (χ1v) is 14.3. The second kappa shape index (κ2) is 11.1. The van der Waals surface area contributed by atoms with Gasteiger partial charge in [-0.15, -0.1) is 11.3 Å². The number of aromatic nitrogens is 1. The van der Waals surface area contributed by atoms with Gasteiger partial charge < -0.3 is 9.80 Å². The fourth-order valence-electron chi connectivity index (χ4n) is 5.82. The molecule has 2 aromatic carbocycles. The number of benzene rings is 2. The highest BCUT2D eigenvalue weighted by molar-refractivity contribution is 7.09. The third kappa shape index (κ3) is 6.03. The maximum absolute atomic E-state index is 13.5. The summed E-state index contributed by atoms with van der Waals surface area (Å²) in [6.45, 7) is 7.00. The van der Waals surface area contributed by atoms with Gasteiger partial charge in [0.25, 0.3) is 11.8 Å². The Bertz CT molecular complexity index is 1320. The van der Waals surface area contributed by atoms with Crippen LogP contribution in [0.3, 0.4) is 0 Å². The monoisotopic (exact) mass is 555 g/mol. The molecule has 2 aliphatic heterocycles. The zero-order chi connectivity index (χ0) is 27.7. The Hall–Kier alpha value is -3.20. The summed E-state index contributed by atoms with van der Waals surface area (Å²) in [5, 5.41) is 2.80. The van der Waals surface area contributed by atoms with Crippen molar-refractivity contribution in [1.29, 1.82) is 0 Å². The molecule has 0 bridgehead atoms. The van der Waals surface area contributed by atoms with Crippen molar-refractivity contribution in [3.05, 3.63) is 75.7 Å². The fourth-order valence-corrected chi connectivity index (χ4v) is 6.79. The van der Waals surface area contributed by atoms with Gasteiger partial charge in [0.15, 0.2) is 0 Å². The highest BCUT2D eigenvalue weighted by Crippen LogP contribution is 2.34. The van der Waals surface area contributed by atoms with Crippen molar-refractivity contribution in [3.8, 4) is 11.1 Å². The Balaban J connectivity index is 1.24. The molecule has 2 aliphatic rings. The van der Waals surface area contributed by atoms with Gasteiger partial charge in [0.05, 0.1) is 10.6 Å². The van der Waals surface area contributed by atoms with Gasteiger partial charge in [-0.2, -0.15) is 13.2 Å². The molecular weight excluding hydrogens is 523 g/mol. The lowest BCUT2D eigenvalue weighted by Gasteiger charge is -2.34. The van der Waals surface area contributed by atoms with Crippen molar-refractivity contribution in [3.63, 3.8) is 0 Å². The van der Waals surface area contributed by atoms with E-state index >= 15 is 0 Å². The molecule has 0 radical (unpaired) electrons. The van der Waals surface area contributed by atoms with E-state index in [2.05, 4.69) is 13.8 Å². The average Bonchev–Trinajstić information content (AvgIpc) is 3.42. The predicted molar refractivity (Wildman–Crippen MR) is 146 cm³/mol. The Labute approximate surface area is 230 Å². The van der Waals surface area contributed by atoms with Gasteiger partial charge in [0.2, 0.25) is 0 Å². The summed E-state index contributed by atoms with van der Waals surface area (Å²) in [4.78, 5) is 35.0. The van der Waals surface area contributed by atoms with E-state index in [1.54, 1.807) is 29.2 Å². The van der Waals surface area contributed by atoms with Crippen LogP contribution < -0.4 is 0 Å². The van der Waals surface area contributed by atoms with Crippen LogP contribution in [-0.4, -0.2) is 52.8 Å². The number of carbonyl (C=O) groups excluding carboxylic acids is 2. The molecule has 2 fully saturated rings. The molecule has 39 heavy (non-hydrogen) atoms. The van der Waals surface area contributed by atoms with Crippen LogP contribution in [0.1, 0.15) is 70.4 Å². The molecule has 3 aromatic rings. The molecule has 206 valence electrons. The van der Waals surface area contributed by atoms with Gasteiger partial charge in [0.1, 0.15) is 5.69 Å². The van der Waals surface area contributed by atoms with E-state index in [0.29, 0.717) is 47.3 Å². The first-order valence-electron chi connectivity index (χ1n) is 13.4. The average molecular weight is 556 g/mol. The van der Waals surface area contributed by atoms with Crippen molar-refractivity contribution >= 4 is 23.2 Å². The van der Waals surface area contributed by atoms with Gasteiger partial charge in [-0.05, 0) is 60.4 Å². The van der Waals surface area contributed by atoms with Gasteiger partial charge in [0, 0.05) is 43.0 Å². The molecule has 0 N–H and O–H groups in total. The molecule has 0 aliphatic carbocycles. The summed E-state index contributed by atoms with van der Waals surface area (Å²) >= 11 is 1.52. The minimum atomic E-state index is -4.41. The van der Waals surface area contributed by atoms with Gasteiger partial charge in [-0.3, -0.25) is 9.59 Å². The zero-order valence-electron chi connectivity index (χ0n) is 22.1. The van der Waals surface area contributed by atoms with E-state index in [1.807, 2.05) is 10.3 Å². The maximum atomic E-state index is 13.5. The lowest BCUT2D eigenvalue weighted by atomic mass is 9.92. The number of amides is 2. The van der Waals surface area contributed by atoms with Crippen molar-refractivity contribution in [2.75, 3.05) is 26.2 Å². The van der Waals surface area contributed by atoms with Crippen LogP contribution in [-0.2, 0) is 6.18 Å². The fraction of sp³-hybridized carbons (Fsp3) is 0.433. The Morgan fingerprint density at radius 2 is 1.54 bits per heavy atom. The minimum Gasteiger partial charge on any atom is -0.339 e. The summed E-state index contributed by atoms with van der Waals surface area (Å²) in [6.07, 6.45) is -1.78. The van der Waals surface area contributed by atoms with Crippen molar-refractivity contribution in [2.45, 2.75) is 45.2 Å². The summed E-state index contributed by atoms with van der Waals surface area (Å²) in [5.41, 5.74) is 1.45. The highest BCUT2D eigenvalue weighted by atomic mass is 32.1. The molecule has 3 heterocycles. The van der Waals surface area contributed by atoms with E-state index in [9.17, 15) is 22.8 Å². The van der Waals surface area contributed by atoms with Crippen LogP contribution >= 0.6 is 11.3 Å². The number of likely N-dealkylation sites (tertiary alicyclic amines) is 2. The third-order valence-electron chi connectivity index (χ3n) is 7.71. The second-order valence-corrected chi connectivity index (χ2v) is 11.8. The Kier molecular flexibility index (Phi) is 7.80. The molecule has 2 amide bonds. The van der Waals surface area contributed by atoms with Crippen LogP contribution in [0.15, 0.2) is 53.9 Å². The molecule has 0 saturated carbocycles. The smallest absolute Gasteiger partial charge is 0.339 e. The first-order chi connectivity index (χ1) is 18.6.